The molecule has 0 spiro atoms. The minimum Gasteiger partial charge on any atom is -0.493 e. The standard InChI is InChI=1S/C18H22O3/c1-14(19)16-10-11-17(18(13-16)20-2)21-12-6-9-15-7-4-3-5-8-15/h3-5,7-8,10-11,13-14,19H,6,9,12H2,1-2H3. The molecule has 0 radical (unpaired) electrons. The molecule has 3 heteroatoms. The Kier molecular flexibility index (Phi) is 5.64. The Bertz CT molecular complexity index is 550. The van der Waals surface area contributed by atoms with Gasteiger partial charge in [-0.15, -0.1) is 0 Å². The topological polar surface area (TPSA) is 38.7 Å². The molecule has 1 unspecified atom stereocenters. The summed E-state index contributed by atoms with van der Waals surface area (Å²) in [6.45, 7) is 2.37. The van der Waals surface area contributed by atoms with Gasteiger partial charge in [0.2, 0.25) is 0 Å². The van der Waals surface area contributed by atoms with E-state index in [0.717, 1.165) is 24.2 Å². The second-order valence-electron chi connectivity index (χ2n) is 5.02. The van der Waals surface area contributed by atoms with Crippen molar-refractivity contribution in [3.8, 4) is 11.5 Å². The van der Waals surface area contributed by atoms with Gasteiger partial charge in [-0.25, -0.2) is 0 Å². The number of rotatable bonds is 7. The molecular formula is C18H22O3. The lowest BCUT2D eigenvalue weighted by atomic mass is 10.1. The van der Waals surface area contributed by atoms with Crippen LogP contribution in [0.25, 0.3) is 0 Å². The van der Waals surface area contributed by atoms with Crippen LogP contribution in [-0.2, 0) is 6.42 Å². The third-order valence-corrected chi connectivity index (χ3v) is 3.38. The van der Waals surface area contributed by atoms with Gasteiger partial charge in [0.25, 0.3) is 0 Å². The van der Waals surface area contributed by atoms with E-state index in [4.69, 9.17) is 9.47 Å². The number of ether oxygens (including phenoxy) is 2. The van der Waals surface area contributed by atoms with Gasteiger partial charge in [-0.1, -0.05) is 36.4 Å². The van der Waals surface area contributed by atoms with Crippen LogP contribution in [0.15, 0.2) is 48.5 Å². The maximum atomic E-state index is 9.58. The largest absolute Gasteiger partial charge is 0.493 e. The SMILES string of the molecule is COc1cc(C(C)O)ccc1OCCCc1ccccc1. The molecule has 0 fully saturated rings. The van der Waals surface area contributed by atoms with Crippen LogP contribution in [0.3, 0.4) is 0 Å². The average Bonchev–Trinajstić information content (AvgIpc) is 2.52. The predicted molar refractivity (Wildman–Crippen MR) is 83.9 cm³/mol. The number of aryl methyl sites for hydroxylation is 1. The number of hydrogen-bond acceptors (Lipinski definition) is 3. The maximum Gasteiger partial charge on any atom is 0.161 e. The highest BCUT2D eigenvalue weighted by Gasteiger charge is 2.08. The Morgan fingerprint density at radius 3 is 2.48 bits per heavy atom. The van der Waals surface area contributed by atoms with E-state index in [1.54, 1.807) is 14.0 Å². The van der Waals surface area contributed by atoms with Crippen LogP contribution in [-0.4, -0.2) is 18.8 Å². The molecule has 112 valence electrons. The Morgan fingerprint density at radius 1 is 1.05 bits per heavy atom. The van der Waals surface area contributed by atoms with Crippen molar-refractivity contribution in [2.45, 2.75) is 25.9 Å². The van der Waals surface area contributed by atoms with Gasteiger partial charge in [-0.3, -0.25) is 0 Å². The number of aliphatic hydroxyl groups is 1. The van der Waals surface area contributed by atoms with E-state index in [9.17, 15) is 5.11 Å². The first kappa shape index (κ1) is 15.4. The van der Waals surface area contributed by atoms with E-state index < -0.39 is 6.10 Å². The molecule has 0 aliphatic carbocycles. The number of benzene rings is 2. The highest BCUT2D eigenvalue weighted by atomic mass is 16.5. The molecule has 2 aromatic rings. The number of methoxy groups -OCH3 is 1. The summed E-state index contributed by atoms with van der Waals surface area (Å²) in [4.78, 5) is 0. The van der Waals surface area contributed by atoms with Crippen molar-refractivity contribution in [3.63, 3.8) is 0 Å². The van der Waals surface area contributed by atoms with E-state index in [0.29, 0.717) is 12.4 Å². The van der Waals surface area contributed by atoms with Crippen LogP contribution in [0.5, 0.6) is 11.5 Å². The highest BCUT2D eigenvalue weighted by Crippen LogP contribution is 2.30. The molecule has 0 heterocycles. The number of hydrogen-bond donors (Lipinski definition) is 1. The lowest BCUT2D eigenvalue weighted by Crippen LogP contribution is -2.02. The smallest absolute Gasteiger partial charge is 0.161 e. The van der Waals surface area contributed by atoms with E-state index in [2.05, 4.69) is 12.1 Å². The molecule has 0 aliphatic rings. The van der Waals surface area contributed by atoms with Gasteiger partial charge >= 0.3 is 0 Å². The molecule has 2 rings (SSSR count). The summed E-state index contributed by atoms with van der Waals surface area (Å²) in [5.74, 6) is 1.38. The van der Waals surface area contributed by atoms with Gasteiger partial charge in [0.15, 0.2) is 11.5 Å². The minimum atomic E-state index is -0.508. The fourth-order valence-electron chi connectivity index (χ4n) is 2.17. The molecule has 0 aliphatic heterocycles. The molecule has 0 saturated heterocycles. The zero-order valence-electron chi connectivity index (χ0n) is 12.6. The molecule has 0 amide bonds. The number of aliphatic hydroxyl groups excluding tert-OH is 1. The molecule has 21 heavy (non-hydrogen) atoms. The summed E-state index contributed by atoms with van der Waals surface area (Å²) in [7, 11) is 1.61. The van der Waals surface area contributed by atoms with Crippen molar-refractivity contribution in [3.05, 3.63) is 59.7 Å². The molecular weight excluding hydrogens is 264 g/mol. The summed E-state index contributed by atoms with van der Waals surface area (Å²) in [5, 5.41) is 9.58. The van der Waals surface area contributed by atoms with Crippen molar-refractivity contribution >= 4 is 0 Å². The monoisotopic (exact) mass is 286 g/mol. The van der Waals surface area contributed by atoms with Crippen LogP contribution in [0.2, 0.25) is 0 Å². The van der Waals surface area contributed by atoms with Crippen LogP contribution < -0.4 is 9.47 Å². The molecule has 1 N–H and O–H groups in total. The first-order valence-electron chi connectivity index (χ1n) is 7.23. The van der Waals surface area contributed by atoms with Gasteiger partial charge in [0, 0.05) is 0 Å². The lowest BCUT2D eigenvalue weighted by molar-refractivity contribution is 0.198. The fourth-order valence-corrected chi connectivity index (χ4v) is 2.17. The first-order chi connectivity index (χ1) is 10.2. The molecule has 0 aromatic heterocycles. The third-order valence-electron chi connectivity index (χ3n) is 3.38. The Labute approximate surface area is 126 Å². The molecule has 0 bridgehead atoms. The quantitative estimate of drug-likeness (QED) is 0.788. The van der Waals surface area contributed by atoms with E-state index in [-0.39, 0.29) is 0 Å². The zero-order chi connectivity index (χ0) is 15.1. The molecule has 1 atom stereocenters. The Balaban J connectivity index is 1.88. The summed E-state index contributed by atoms with van der Waals surface area (Å²) >= 11 is 0. The van der Waals surface area contributed by atoms with Gasteiger partial charge in [0.05, 0.1) is 19.8 Å². The average molecular weight is 286 g/mol. The summed E-state index contributed by atoms with van der Waals surface area (Å²) in [6, 6.07) is 15.9. The van der Waals surface area contributed by atoms with Crippen molar-refractivity contribution in [1.82, 2.24) is 0 Å². The lowest BCUT2D eigenvalue weighted by Gasteiger charge is -2.13. The maximum absolute atomic E-state index is 9.58. The summed E-state index contributed by atoms with van der Waals surface area (Å²) < 4.78 is 11.1. The third kappa shape index (κ3) is 4.50. The summed E-state index contributed by atoms with van der Waals surface area (Å²) in [6.07, 6.45) is 1.44. The van der Waals surface area contributed by atoms with Crippen molar-refractivity contribution in [2.24, 2.45) is 0 Å². The zero-order valence-corrected chi connectivity index (χ0v) is 12.6. The normalized spacial score (nSPS) is 12.0. The molecule has 0 saturated carbocycles. The van der Waals surface area contributed by atoms with Gasteiger partial charge < -0.3 is 14.6 Å². The molecule has 2 aromatic carbocycles. The van der Waals surface area contributed by atoms with Crippen LogP contribution in [0.1, 0.15) is 30.6 Å². The first-order valence-corrected chi connectivity index (χ1v) is 7.23. The van der Waals surface area contributed by atoms with Crippen molar-refractivity contribution < 1.29 is 14.6 Å². The Morgan fingerprint density at radius 2 is 1.81 bits per heavy atom. The molecule has 3 nitrogen and oxygen atoms in total. The second-order valence-corrected chi connectivity index (χ2v) is 5.02. The predicted octanol–water partition coefficient (Wildman–Crippen LogP) is 3.76. The van der Waals surface area contributed by atoms with Crippen molar-refractivity contribution in [2.75, 3.05) is 13.7 Å². The summed E-state index contributed by atoms with van der Waals surface area (Å²) in [5.41, 5.74) is 2.14. The Hall–Kier alpha value is -2.00. The van der Waals surface area contributed by atoms with Crippen LogP contribution in [0, 0.1) is 0 Å². The minimum absolute atomic E-state index is 0.508. The van der Waals surface area contributed by atoms with Crippen LogP contribution >= 0.6 is 0 Å². The van der Waals surface area contributed by atoms with E-state index >= 15 is 0 Å². The van der Waals surface area contributed by atoms with Gasteiger partial charge in [-0.05, 0) is 43.0 Å². The van der Waals surface area contributed by atoms with Gasteiger partial charge in [-0.2, -0.15) is 0 Å². The van der Waals surface area contributed by atoms with Gasteiger partial charge in [0.1, 0.15) is 0 Å². The van der Waals surface area contributed by atoms with Crippen molar-refractivity contribution in [1.29, 1.82) is 0 Å². The highest BCUT2D eigenvalue weighted by molar-refractivity contribution is 5.43. The van der Waals surface area contributed by atoms with E-state index in [1.165, 1.54) is 5.56 Å². The fraction of sp³-hybridized carbons (Fsp3) is 0.333. The second kappa shape index (κ2) is 7.70. The van der Waals surface area contributed by atoms with E-state index in [1.807, 2.05) is 36.4 Å². The van der Waals surface area contributed by atoms with Crippen LogP contribution in [0.4, 0.5) is 0 Å².